The van der Waals surface area contributed by atoms with E-state index < -0.39 is 6.09 Å². The zero-order valence-electron chi connectivity index (χ0n) is 15.3. The van der Waals surface area contributed by atoms with E-state index in [9.17, 15) is 9.59 Å². The van der Waals surface area contributed by atoms with Gasteiger partial charge in [-0.05, 0) is 42.2 Å². The summed E-state index contributed by atoms with van der Waals surface area (Å²) in [7, 11) is 0. The number of hydrogen-bond acceptors (Lipinski definition) is 6. The van der Waals surface area contributed by atoms with Crippen molar-refractivity contribution in [3.05, 3.63) is 47.3 Å². The number of fused-ring (bicyclic) bond motifs is 1. The zero-order valence-corrected chi connectivity index (χ0v) is 15.3. The number of nitrogens with zero attached hydrogens (tertiary/aromatic N) is 3. The van der Waals surface area contributed by atoms with E-state index in [0.29, 0.717) is 13.1 Å². The fourth-order valence-electron chi connectivity index (χ4n) is 4.13. The molecule has 1 amide bonds. The van der Waals surface area contributed by atoms with Crippen LogP contribution in [0.1, 0.15) is 41.4 Å². The first-order valence-electron chi connectivity index (χ1n) is 9.13. The Kier molecular flexibility index (Phi) is 4.30. The molecule has 0 unspecified atom stereocenters. The topological polar surface area (TPSA) is 98.4 Å². The van der Waals surface area contributed by atoms with Crippen LogP contribution in [0.5, 0.6) is 5.88 Å². The third-order valence-electron chi connectivity index (χ3n) is 5.61. The lowest BCUT2D eigenvalue weighted by molar-refractivity contribution is 0.0954. The maximum atomic E-state index is 12.6. The molecule has 7 nitrogen and oxygen atoms in total. The maximum absolute atomic E-state index is 12.6. The molecule has 1 aliphatic carbocycles. The van der Waals surface area contributed by atoms with Gasteiger partial charge in [-0.25, -0.2) is 9.78 Å². The number of aromatic nitrogens is 2. The van der Waals surface area contributed by atoms with Crippen LogP contribution < -0.4 is 10.5 Å². The number of ketones is 1. The van der Waals surface area contributed by atoms with E-state index in [2.05, 4.69) is 34.2 Å². The Balaban J connectivity index is 1.42. The van der Waals surface area contributed by atoms with Gasteiger partial charge >= 0.3 is 6.09 Å². The second-order valence-electron chi connectivity index (χ2n) is 7.48. The van der Waals surface area contributed by atoms with Crippen molar-refractivity contribution >= 4 is 17.7 Å². The molecule has 2 heterocycles. The maximum Gasteiger partial charge on any atom is 0.416 e. The average Bonchev–Trinajstić information content (AvgIpc) is 2.99. The van der Waals surface area contributed by atoms with Crippen molar-refractivity contribution < 1.29 is 14.3 Å². The van der Waals surface area contributed by atoms with Crippen LogP contribution in [-0.4, -0.2) is 39.8 Å². The standard InChI is InChI=1S/C20H22N4O3/c1-13(25)17-18(23-16(21)12-22-17)27-19(26)24-8-6-20(7-9-24)10-14-4-2-3-5-15(14)11-20/h2-5,12H,6-11H2,1H3,(H2,21,23). The Morgan fingerprint density at radius 1 is 1.15 bits per heavy atom. The van der Waals surface area contributed by atoms with Gasteiger partial charge in [-0.15, -0.1) is 0 Å². The molecule has 0 saturated carbocycles. The van der Waals surface area contributed by atoms with Crippen LogP contribution in [0.15, 0.2) is 30.5 Å². The molecule has 2 aliphatic rings. The van der Waals surface area contributed by atoms with E-state index in [1.165, 1.54) is 24.2 Å². The first kappa shape index (κ1) is 17.5. The highest BCUT2D eigenvalue weighted by Gasteiger charge is 2.41. The molecule has 1 fully saturated rings. The van der Waals surface area contributed by atoms with Crippen molar-refractivity contribution in [1.82, 2.24) is 14.9 Å². The first-order chi connectivity index (χ1) is 13.0. The summed E-state index contributed by atoms with van der Waals surface area (Å²) in [6.45, 7) is 2.59. The van der Waals surface area contributed by atoms with Gasteiger partial charge in [-0.2, -0.15) is 4.98 Å². The number of ether oxygens (including phenoxy) is 1. The van der Waals surface area contributed by atoms with Gasteiger partial charge in [-0.3, -0.25) is 4.79 Å². The smallest absolute Gasteiger partial charge is 0.389 e. The lowest BCUT2D eigenvalue weighted by Crippen LogP contribution is -2.44. The summed E-state index contributed by atoms with van der Waals surface area (Å²) in [6, 6.07) is 8.58. The molecule has 1 aromatic heterocycles. The van der Waals surface area contributed by atoms with Gasteiger partial charge in [-0.1, -0.05) is 24.3 Å². The lowest BCUT2D eigenvalue weighted by Gasteiger charge is -2.38. The molecule has 2 N–H and O–H groups in total. The number of carbonyl (C=O) groups is 2. The number of amides is 1. The zero-order chi connectivity index (χ0) is 19.0. The third-order valence-corrected chi connectivity index (χ3v) is 5.61. The predicted octanol–water partition coefficient (Wildman–Crippen LogP) is 2.64. The summed E-state index contributed by atoms with van der Waals surface area (Å²) in [5.74, 6) is -0.350. The van der Waals surface area contributed by atoms with Crippen molar-refractivity contribution in [2.24, 2.45) is 5.41 Å². The van der Waals surface area contributed by atoms with Crippen molar-refractivity contribution in [2.75, 3.05) is 18.8 Å². The number of anilines is 1. The number of Topliss-reactive ketones (excluding diaryl/α,β-unsaturated/α-hetero) is 1. The number of likely N-dealkylation sites (tertiary alicyclic amines) is 1. The van der Waals surface area contributed by atoms with Crippen LogP contribution in [-0.2, 0) is 12.8 Å². The fraction of sp³-hybridized carbons (Fsp3) is 0.400. The first-order valence-corrected chi connectivity index (χ1v) is 9.13. The van der Waals surface area contributed by atoms with Gasteiger partial charge in [0.05, 0.1) is 6.20 Å². The Bertz CT molecular complexity index is 877. The third kappa shape index (κ3) is 3.37. The normalized spacial score (nSPS) is 17.6. The average molecular weight is 366 g/mol. The van der Waals surface area contributed by atoms with Crippen LogP contribution in [0.3, 0.4) is 0 Å². The van der Waals surface area contributed by atoms with Crippen LogP contribution in [0, 0.1) is 5.41 Å². The molecule has 4 rings (SSSR count). The number of hydrogen-bond donors (Lipinski definition) is 1. The molecule has 7 heteroatoms. The van der Waals surface area contributed by atoms with Crippen LogP contribution in [0.4, 0.5) is 10.6 Å². The van der Waals surface area contributed by atoms with E-state index >= 15 is 0 Å². The Morgan fingerprint density at radius 3 is 2.37 bits per heavy atom. The van der Waals surface area contributed by atoms with E-state index in [4.69, 9.17) is 10.5 Å². The molecule has 0 bridgehead atoms. The lowest BCUT2D eigenvalue weighted by atomic mass is 9.76. The number of rotatable bonds is 2. The number of nitrogen functional groups attached to an aromatic ring is 1. The van der Waals surface area contributed by atoms with Crippen molar-refractivity contribution in [2.45, 2.75) is 32.6 Å². The molecule has 140 valence electrons. The van der Waals surface area contributed by atoms with E-state index in [-0.39, 0.29) is 28.6 Å². The largest absolute Gasteiger partial charge is 0.416 e. The highest BCUT2D eigenvalue weighted by molar-refractivity contribution is 5.95. The fourth-order valence-corrected chi connectivity index (χ4v) is 4.13. The van der Waals surface area contributed by atoms with Crippen LogP contribution in [0.25, 0.3) is 0 Å². The number of benzene rings is 1. The molecular weight excluding hydrogens is 344 g/mol. The molecule has 0 radical (unpaired) electrons. The number of carbonyl (C=O) groups excluding carboxylic acids is 2. The van der Waals surface area contributed by atoms with Crippen molar-refractivity contribution in [3.63, 3.8) is 0 Å². The molecule has 0 atom stereocenters. The van der Waals surface area contributed by atoms with Gasteiger partial charge < -0.3 is 15.4 Å². The van der Waals surface area contributed by atoms with Crippen LogP contribution in [0.2, 0.25) is 0 Å². The van der Waals surface area contributed by atoms with E-state index in [0.717, 1.165) is 25.7 Å². The van der Waals surface area contributed by atoms with E-state index in [1.807, 2.05) is 0 Å². The van der Waals surface area contributed by atoms with Gasteiger partial charge in [0.25, 0.3) is 5.88 Å². The minimum Gasteiger partial charge on any atom is -0.389 e. The second kappa shape index (κ2) is 6.64. The molecule has 1 aromatic carbocycles. The van der Waals surface area contributed by atoms with Crippen molar-refractivity contribution in [1.29, 1.82) is 0 Å². The summed E-state index contributed by atoms with van der Waals surface area (Å²) in [6.07, 6.45) is 4.76. The van der Waals surface area contributed by atoms with Gasteiger partial charge in [0.2, 0.25) is 0 Å². The summed E-state index contributed by atoms with van der Waals surface area (Å²) in [5.41, 5.74) is 8.71. The summed E-state index contributed by atoms with van der Waals surface area (Å²) in [4.78, 5) is 33.8. The molecule has 2 aromatic rings. The van der Waals surface area contributed by atoms with Crippen LogP contribution >= 0.6 is 0 Å². The number of nitrogens with two attached hydrogens (primary N) is 1. The van der Waals surface area contributed by atoms with E-state index in [1.54, 1.807) is 4.90 Å². The highest BCUT2D eigenvalue weighted by Crippen LogP contribution is 2.44. The van der Waals surface area contributed by atoms with Crippen molar-refractivity contribution in [3.8, 4) is 5.88 Å². The molecular formula is C20H22N4O3. The Labute approximate surface area is 157 Å². The van der Waals surface area contributed by atoms with Gasteiger partial charge in [0, 0.05) is 20.0 Å². The second-order valence-corrected chi connectivity index (χ2v) is 7.48. The monoisotopic (exact) mass is 366 g/mol. The molecule has 1 aliphatic heterocycles. The molecule has 1 saturated heterocycles. The van der Waals surface area contributed by atoms with Gasteiger partial charge in [0.1, 0.15) is 5.82 Å². The molecule has 27 heavy (non-hydrogen) atoms. The quantitative estimate of drug-likeness (QED) is 0.821. The highest BCUT2D eigenvalue weighted by atomic mass is 16.6. The number of piperidine rings is 1. The minimum absolute atomic E-state index is 0.0114. The SMILES string of the molecule is CC(=O)c1ncc(N)nc1OC(=O)N1CCC2(CC1)Cc1ccccc1C2. The summed E-state index contributed by atoms with van der Waals surface area (Å²) in [5, 5.41) is 0. The summed E-state index contributed by atoms with van der Waals surface area (Å²) < 4.78 is 5.35. The molecule has 1 spiro atoms. The summed E-state index contributed by atoms with van der Waals surface area (Å²) >= 11 is 0. The van der Waals surface area contributed by atoms with Gasteiger partial charge in [0.15, 0.2) is 11.5 Å². The minimum atomic E-state index is -0.511. The predicted molar refractivity (Wildman–Crippen MR) is 99.6 cm³/mol. The Morgan fingerprint density at radius 2 is 1.78 bits per heavy atom. The Hall–Kier alpha value is -2.96.